The molecule has 128 valence electrons. The van der Waals surface area contributed by atoms with Crippen molar-refractivity contribution in [3.05, 3.63) is 0 Å². The van der Waals surface area contributed by atoms with Crippen LogP contribution in [0.15, 0.2) is 4.99 Å². The molecule has 0 atom stereocenters. The highest BCUT2D eigenvalue weighted by Gasteiger charge is 2.53. The summed E-state index contributed by atoms with van der Waals surface area (Å²) in [6.45, 7) is 19.4. The molecule has 0 aromatic heterocycles. The molecule has 0 spiro atoms. The maximum Gasteiger partial charge on any atom is 0.194 e. The second kappa shape index (κ2) is 7.18. The quantitative estimate of drug-likeness (QED) is 0.477. The number of nitrogens with one attached hydrogen (secondary N) is 1. The van der Waals surface area contributed by atoms with Gasteiger partial charge in [0.1, 0.15) is 0 Å². The van der Waals surface area contributed by atoms with E-state index >= 15 is 0 Å². The van der Waals surface area contributed by atoms with Gasteiger partial charge in [-0.15, -0.1) is 0 Å². The highest BCUT2D eigenvalue weighted by Crippen LogP contribution is 2.46. The molecule has 2 saturated heterocycles. The topological polar surface area (TPSA) is 40.1 Å². The lowest BCUT2D eigenvalue weighted by Gasteiger charge is -2.62. The van der Waals surface area contributed by atoms with Crippen molar-refractivity contribution < 1.29 is 4.74 Å². The van der Waals surface area contributed by atoms with E-state index < -0.39 is 0 Å². The minimum Gasteiger partial charge on any atom is -0.379 e. The van der Waals surface area contributed by atoms with Gasteiger partial charge in [-0.2, -0.15) is 0 Å². The standard InChI is InChI=1S/C17H34N4O/c1-6-18-15(21-14-16(2,3)17(21,4)5)19-8-7-9-20-10-12-22-13-11-20/h6-14H2,1-5H3,(H,18,19). The van der Waals surface area contributed by atoms with Gasteiger partial charge in [0.2, 0.25) is 0 Å². The Kier molecular flexibility index (Phi) is 5.72. The summed E-state index contributed by atoms with van der Waals surface area (Å²) in [6, 6.07) is 0. The van der Waals surface area contributed by atoms with E-state index in [0.29, 0.717) is 5.41 Å². The highest BCUT2D eigenvalue weighted by atomic mass is 16.5. The summed E-state index contributed by atoms with van der Waals surface area (Å²) in [6.07, 6.45) is 1.12. The predicted octanol–water partition coefficient (Wildman–Crippen LogP) is 1.79. The van der Waals surface area contributed by atoms with E-state index in [1.54, 1.807) is 0 Å². The van der Waals surface area contributed by atoms with Crippen LogP contribution in [0.25, 0.3) is 0 Å². The van der Waals surface area contributed by atoms with E-state index in [9.17, 15) is 0 Å². The van der Waals surface area contributed by atoms with E-state index in [1.807, 2.05) is 0 Å². The number of ether oxygens (including phenoxy) is 1. The zero-order valence-electron chi connectivity index (χ0n) is 15.1. The lowest BCUT2D eigenvalue weighted by Crippen LogP contribution is -2.72. The maximum absolute atomic E-state index is 5.39. The van der Waals surface area contributed by atoms with E-state index in [-0.39, 0.29) is 5.54 Å². The molecule has 0 amide bonds. The third-order valence-corrected chi connectivity index (χ3v) is 5.47. The summed E-state index contributed by atoms with van der Waals surface area (Å²) in [5.74, 6) is 1.08. The highest BCUT2D eigenvalue weighted by molar-refractivity contribution is 5.82. The molecule has 2 aliphatic rings. The maximum atomic E-state index is 5.39. The van der Waals surface area contributed by atoms with Crippen LogP contribution in [-0.4, -0.2) is 73.8 Å². The van der Waals surface area contributed by atoms with Crippen molar-refractivity contribution in [2.45, 2.75) is 46.6 Å². The van der Waals surface area contributed by atoms with Crippen molar-refractivity contribution >= 4 is 5.96 Å². The minimum atomic E-state index is 0.165. The number of guanidine groups is 1. The van der Waals surface area contributed by atoms with Crippen LogP contribution in [0.5, 0.6) is 0 Å². The zero-order valence-corrected chi connectivity index (χ0v) is 15.1. The first kappa shape index (κ1) is 17.5. The van der Waals surface area contributed by atoms with Gasteiger partial charge in [-0.1, -0.05) is 13.8 Å². The lowest BCUT2D eigenvalue weighted by atomic mass is 9.65. The Morgan fingerprint density at radius 2 is 1.86 bits per heavy atom. The van der Waals surface area contributed by atoms with Crippen molar-refractivity contribution in [1.82, 2.24) is 15.1 Å². The van der Waals surface area contributed by atoms with Gasteiger partial charge in [-0.3, -0.25) is 9.89 Å². The molecule has 2 aliphatic heterocycles. The Hall–Kier alpha value is -0.810. The van der Waals surface area contributed by atoms with Gasteiger partial charge in [0, 0.05) is 50.2 Å². The van der Waals surface area contributed by atoms with Crippen molar-refractivity contribution in [3.63, 3.8) is 0 Å². The molecule has 1 N–H and O–H groups in total. The molecule has 0 aromatic carbocycles. The molecule has 0 aliphatic carbocycles. The third-order valence-electron chi connectivity index (χ3n) is 5.47. The molecule has 0 aromatic rings. The zero-order chi connectivity index (χ0) is 16.2. The van der Waals surface area contributed by atoms with Gasteiger partial charge in [0.05, 0.1) is 13.2 Å². The average molecular weight is 310 g/mol. The molecule has 22 heavy (non-hydrogen) atoms. The molecule has 2 rings (SSSR count). The van der Waals surface area contributed by atoms with Crippen molar-refractivity contribution in [1.29, 1.82) is 0 Å². The Morgan fingerprint density at radius 1 is 1.18 bits per heavy atom. The number of rotatable bonds is 5. The van der Waals surface area contributed by atoms with Crippen LogP contribution >= 0.6 is 0 Å². The first-order chi connectivity index (χ1) is 10.4. The largest absolute Gasteiger partial charge is 0.379 e. The normalized spacial score (nSPS) is 25.0. The van der Waals surface area contributed by atoms with Gasteiger partial charge in [-0.05, 0) is 27.2 Å². The molecule has 0 bridgehead atoms. The summed E-state index contributed by atoms with van der Waals surface area (Å²) >= 11 is 0. The first-order valence-corrected chi connectivity index (χ1v) is 8.74. The molecule has 0 radical (unpaired) electrons. The smallest absolute Gasteiger partial charge is 0.194 e. The number of nitrogens with zero attached hydrogens (tertiary/aromatic N) is 3. The van der Waals surface area contributed by atoms with E-state index in [1.165, 1.54) is 0 Å². The summed E-state index contributed by atoms with van der Waals surface area (Å²) in [5.41, 5.74) is 0.509. The average Bonchev–Trinajstić information content (AvgIpc) is 2.49. The molecule has 0 saturated carbocycles. The Balaban J connectivity index is 1.83. The lowest BCUT2D eigenvalue weighted by molar-refractivity contribution is -0.0667. The second-order valence-electron chi connectivity index (χ2n) is 7.57. The fourth-order valence-corrected chi connectivity index (χ4v) is 3.10. The van der Waals surface area contributed by atoms with Crippen molar-refractivity contribution in [3.8, 4) is 0 Å². The summed E-state index contributed by atoms with van der Waals surface area (Å²) in [7, 11) is 0. The second-order valence-corrected chi connectivity index (χ2v) is 7.57. The molecule has 2 heterocycles. The number of morpholine rings is 1. The van der Waals surface area contributed by atoms with E-state index in [2.05, 4.69) is 49.7 Å². The first-order valence-electron chi connectivity index (χ1n) is 8.74. The monoisotopic (exact) mass is 310 g/mol. The summed E-state index contributed by atoms with van der Waals surface area (Å²) in [5, 5.41) is 3.46. The number of hydrogen-bond donors (Lipinski definition) is 1. The minimum absolute atomic E-state index is 0.165. The SMILES string of the molecule is CCNC(=NCCCN1CCOCC1)N1CC(C)(C)C1(C)C. The van der Waals surface area contributed by atoms with Gasteiger partial charge >= 0.3 is 0 Å². The molecule has 5 nitrogen and oxygen atoms in total. The molecular formula is C17H34N4O. The Morgan fingerprint density at radius 3 is 2.41 bits per heavy atom. The van der Waals surface area contributed by atoms with E-state index in [0.717, 1.165) is 64.9 Å². The fraction of sp³-hybridized carbons (Fsp3) is 0.941. The predicted molar refractivity (Wildman–Crippen MR) is 92.4 cm³/mol. The molecule has 5 heteroatoms. The van der Waals surface area contributed by atoms with Crippen LogP contribution in [0.4, 0.5) is 0 Å². The summed E-state index contributed by atoms with van der Waals surface area (Å²) < 4.78 is 5.39. The molecule has 2 fully saturated rings. The van der Waals surface area contributed by atoms with E-state index in [4.69, 9.17) is 9.73 Å². The fourth-order valence-electron chi connectivity index (χ4n) is 3.10. The van der Waals surface area contributed by atoms with Crippen molar-refractivity contribution in [2.24, 2.45) is 10.4 Å². The number of likely N-dealkylation sites (tertiary alicyclic amines) is 1. The van der Waals surface area contributed by atoms with Crippen LogP contribution in [0.1, 0.15) is 41.0 Å². The van der Waals surface area contributed by atoms with Crippen molar-refractivity contribution in [2.75, 3.05) is 52.5 Å². The van der Waals surface area contributed by atoms with Crippen LogP contribution < -0.4 is 5.32 Å². The Labute approximate surface area is 136 Å². The number of aliphatic imine (C=N–C) groups is 1. The molecule has 0 unspecified atom stereocenters. The van der Waals surface area contributed by atoms with Crippen LogP contribution in [-0.2, 0) is 4.74 Å². The third kappa shape index (κ3) is 3.74. The van der Waals surface area contributed by atoms with Gasteiger partial charge in [-0.25, -0.2) is 0 Å². The van der Waals surface area contributed by atoms with Crippen LogP contribution in [0.2, 0.25) is 0 Å². The van der Waals surface area contributed by atoms with Gasteiger partial charge in [0.25, 0.3) is 0 Å². The van der Waals surface area contributed by atoms with Gasteiger partial charge < -0.3 is 15.0 Å². The number of hydrogen-bond acceptors (Lipinski definition) is 3. The summed E-state index contributed by atoms with van der Waals surface area (Å²) in [4.78, 5) is 9.75. The molecular weight excluding hydrogens is 276 g/mol. The Bertz CT molecular complexity index is 386. The van der Waals surface area contributed by atoms with Crippen LogP contribution in [0, 0.1) is 5.41 Å². The van der Waals surface area contributed by atoms with Gasteiger partial charge in [0.15, 0.2) is 5.96 Å². The van der Waals surface area contributed by atoms with Crippen LogP contribution in [0.3, 0.4) is 0 Å².